The second-order valence-corrected chi connectivity index (χ2v) is 3.64. The van der Waals surface area contributed by atoms with Crippen LogP contribution < -0.4 is 0 Å². The molecule has 0 bridgehead atoms. The van der Waals surface area contributed by atoms with Crippen molar-refractivity contribution in [2.75, 3.05) is 6.61 Å². The van der Waals surface area contributed by atoms with E-state index in [9.17, 15) is 20.3 Å². The Bertz CT molecular complexity index is 409. The van der Waals surface area contributed by atoms with Gasteiger partial charge in [0.1, 0.15) is 5.75 Å². The van der Waals surface area contributed by atoms with E-state index >= 15 is 0 Å². The lowest BCUT2D eigenvalue weighted by atomic mass is 10.1. The van der Waals surface area contributed by atoms with Gasteiger partial charge in [-0.25, -0.2) is 0 Å². The average molecular weight is 248 g/mol. The topological polar surface area (TPSA) is 104 Å². The number of nitro groups is 1. The number of nitrogens with zero attached hydrogens (tertiary/aromatic N) is 1. The number of nitro benzene ring substituents is 1. The highest BCUT2D eigenvalue weighted by molar-refractivity contribution is 6.32. The highest BCUT2D eigenvalue weighted by Gasteiger charge is 2.17. The van der Waals surface area contributed by atoms with E-state index in [1.807, 2.05) is 0 Å². The number of phenols is 1. The zero-order chi connectivity index (χ0) is 12.3. The molecule has 0 saturated carbocycles. The van der Waals surface area contributed by atoms with Gasteiger partial charge in [0.2, 0.25) is 0 Å². The van der Waals surface area contributed by atoms with Crippen LogP contribution in [0.3, 0.4) is 0 Å². The lowest BCUT2D eigenvalue weighted by Gasteiger charge is -2.09. The van der Waals surface area contributed by atoms with E-state index < -0.39 is 17.6 Å². The molecule has 0 aromatic heterocycles. The number of halogens is 1. The van der Waals surface area contributed by atoms with Crippen molar-refractivity contribution >= 4 is 17.3 Å². The molecule has 0 fully saturated rings. The van der Waals surface area contributed by atoms with Crippen LogP contribution >= 0.6 is 11.6 Å². The maximum atomic E-state index is 10.5. The Hall–Kier alpha value is -1.37. The second kappa shape index (κ2) is 5.11. The molecule has 1 unspecified atom stereocenters. The summed E-state index contributed by atoms with van der Waals surface area (Å²) in [6.45, 7) is -0.500. The van der Waals surface area contributed by atoms with Crippen molar-refractivity contribution in [1.82, 2.24) is 0 Å². The number of non-ortho nitro benzene ring substituents is 1. The van der Waals surface area contributed by atoms with Gasteiger partial charge in [-0.2, -0.15) is 0 Å². The third-order valence-corrected chi connectivity index (χ3v) is 2.29. The third kappa shape index (κ3) is 2.82. The molecule has 0 saturated heterocycles. The molecule has 0 aliphatic rings. The summed E-state index contributed by atoms with van der Waals surface area (Å²) in [4.78, 5) is 9.87. The molecule has 0 amide bonds. The van der Waals surface area contributed by atoms with Gasteiger partial charge in [-0.15, -0.1) is 0 Å². The quantitative estimate of drug-likeness (QED) is 0.540. The van der Waals surface area contributed by atoms with Gasteiger partial charge >= 0.3 is 0 Å². The van der Waals surface area contributed by atoms with E-state index in [0.29, 0.717) is 0 Å². The van der Waals surface area contributed by atoms with Gasteiger partial charge in [0.05, 0.1) is 22.7 Å². The Morgan fingerprint density at radius 1 is 1.50 bits per heavy atom. The van der Waals surface area contributed by atoms with E-state index in [4.69, 9.17) is 16.7 Å². The first-order valence-corrected chi connectivity index (χ1v) is 4.78. The standard InChI is InChI=1S/C9H10ClNO5/c10-8-3-6(11(15)16)1-5(9(8)14)2-7(13)4-12/h1,3,7,12-14H,2,4H2. The highest BCUT2D eigenvalue weighted by Crippen LogP contribution is 2.32. The largest absolute Gasteiger partial charge is 0.506 e. The van der Waals surface area contributed by atoms with Crippen LogP contribution in [0.15, 0.2) is 12.1 Å². The minimum Gasteiger partial charge on any atom is -0.506 e. The van der Waals surface area contributed by atoms with Gasteiger partial charge in [0.25, 0.3) is 5.69 Å². The molecule has 0 spiro atoms. The summed E-state index contributed by atoms with van der Waals surface area (Å²) < 4.78 is 0. The molecule has 3 N–H and O–H groups in total. The maximum absolute atomic E-state index is 10.5. The SMILES string of the molecule is O=[N+]([O-])c1cc(Cl)c(O)c(CC(O)CO)c1. The number of hydrogen-bond acceptors (Lipinski definition) is 5. The van der Waals surface area contributed by atoms with Crippen molar-refractivity contribution in [2.24, 2.45) is 0 Å². The number of benzene rings is 1. The molecule has 1 rings (SSSR count). The fourth-order valence-electron chi connectivity index (χ4n) is 1.22. The van der Waals surface area contributed by atoms with E-state index in [-0.39, 0.29) is 28.4 Å². The van der Waals surface area contributed by atoms with Crippen LogP contribution in [-0.2, 0) is 6.42 Å². The summed E-state index contributed by atoms with van der Waals surface area (Å²) in [5, 5.41) is 37.7. The molecule has 6 nitrogen and oxygen atoms in total. The summed E-state index contributed by atoms with van der Waals surface area (Å²) >= 11 is 5.59. The van der Waals surface area contributed by atoms with Gasteiger partial charge in [0, 0.05) is 24.1 Å². The van der Waals surface area contributed by atoms with Crippen molar-refractivity contribution < 1.29 is 20.2 Å². The first kappa shape index (κ1) is 12.7. The van der Waals surface area contributed by atoms with Gasteiger partial charge in [-0.05, 0) is 0 Å². The van der Waals surface area contributed by atoms with Crippen molar-refractivity contribution in [2.45, 2.75) is 12.5 Å². The summed E-state index contributed by atoms with van der Waals surface area (Å²) in [5.41, 5.74) is -0.149. The lowest BCUT2D eigenvalue weighted by Crippen LogP contribution is -2.15. The summed E-state index contributed by atoms with van der Waals surface area (Å²) in [6, 6.07) is 2.13. The molecule has 0 heterocycles. The molecular formula is C9H10ClNO5. The third-order valence-electron chi connectivity index (χ3n) is 2.00. The first-order chi connectivity index (χ1) is 7.45. The van der Waals surface area contributed by atoms with Crippen molar-refractivity contribution in [3.05, 3.63) is 32.8 Å². The molecule has 1 aromatic carbocycles. The fraction of sp³-hybridized carbons (Fsp3) is 0.333. The minimum atomic E-state index is -1.09. The summed E-state index contributed by atoms with van der Waals surface area (Å²) in [5.74, 6) is -0.320. The molecule has 7 heteroatoms. The van der Waals surface area contributed by atoms with Crippen LogP contribution in [0.4, 0.5) is 5.69 Å². The molecule has 16 heavy (non-hydrogen) atoms. The Morgan fingerprint density at radius 2 is 2.12 bits per heavy atom. The number of rotatable bonds is 4. The number of aromatic hydroxyl groups is 1. The van der Waals surface area contributed by atoms with Crippen molar-refractivity contribution in [1.29, 1.82) is 0 Å². The van der Waals surface area contributed by atoms with Crippen LogP contribution in [0.2, 0.25) is 5.02 Å². The van der Waals surface area contributed by atoms with E-state index in [2.05, 4.69) is 0 Å². The fourth-order valence-corrected chi connectivity index (χ4v) is 1.45. The smallest absolute Gasteiger partial charge is 0.271 e. The minimum absolute atomic E-state index is 0.107. The number of aliphatic hydroxyl groups excluding tert-OH is 2. The van der Waals surface area contributed by atoms with Crippen LogP contribution in [-0.4, -0.2) is 33.0 Å². The Labute approximate surface area is 95.9 Å². The predicted octanol–water partition coefficient (Wildman–Crippen LogP) is 0.849. The Balaban J connectivity index is 3.11. The van der Waals surface area contributed by atoms with Crippen LogP contribution in [0, 0.1) is 10.1 Å². The van der Waals surface area contributed by atoms with Crippen LogP contribution in [0.1, 0.15) is 5.56 Å². The monoisotopic (exact) mass is 247 g/mol. The zero-order valence-electron chi connectivity index (χ0n) is 8.13. The Morgan fingerprint density at radius 3 is 2.62 bits per heavy atom. The second-order valence-electron chi connectivity index (χ2n) is 3.23. The molecular weight excluding hydrogens is 238 g/mol. The van der Waals surface area contributed by atoms with E-state index in [0.717, 1.165) is 12.1 Å². The molecule has 1 atom stereocenters. The van der Waals surface area contributed by atoms with Gasteiger partial charge in [-0.3, -0.25) is 10.1 Å². The van der Waals surface area contributed by atoms with Crippen LogP contribution in [0.25, 0.3) is 0 Å². The number of hydrogen-bond donors (Lipinski definition) is 3. The van der Waals surface area contributed by atoms with Crippen molar-refractivity contribution in [3.63, 3.8) is 0 Å². The normalized spacial score (nSPS) is 12.4. The number of aliphatic hydroxyl groups is 2. The van der Waals surface area contributed by atoms with Crippen LogP contribution in [0.5, 0.6) is 5.75 Å². The number of phenolic OH excluding ortho intramolecular Hbond substituents is 1. The first-order valence-electron chi connectivity index (χ1n) is 4.40. The lowest BCUT2D eigenvalue weighted by molar-refractivity contribution is -0.384. The molecule has 88 valence electrons. The van der Waals surface area contributed by atoms with E-state index in [1.54, 1.807) is 0 Å². The van der Waals surface area contributed by atoms with Gasteiger partial charge < -0.3 is 15.3 Å². The van der Waals surface area contributed by atoms with E-state index in [1.165, 1.54) is 0 Å². The average Bonchev–Trinajstić information content (AvgIpc) is 2.23. The van der Waals surface area contributed by atoms with Crippen molar-refractivity contribution in [3.8, 4) is 5.75 Å². The predicted molar refractivity (Wildman–Crippen MR) is 56.6 cm³/mol. The Kier molecular flexibility index (Phi) is 4.05. The maximum Gasteiger partial charge on any atom is 0.271 e. The summed E-state index contributed by atoms with van der Waals surface area (Å²) in [7, 11) is 0. The molecule has 0 radical (unpaired) electrons. The molecule has 0 aliphatic heterocycles. The van der Waals surface area contributed by atoms with Gasteiger partial charge in [0.15, 0.2) is 0 Å². The zero-order valence-corrected chi connectivity index (χ0v) is 8.89. The van der Waals surface area contributed by atoms with Gasteiger partial charge in [-0.1, -0.05) is 11.6 Å². The molecule has 0 aliphatic carbocycles. The summed E-state index contributed by atoms with van der Waals surface area (Å²) in [6.07, 6.45) is -1.20. The molecule has 1 aromatic rings. The highest BCUT2D eigenvalue weighted by atomic mass is 35.5.